The van der Waals surface area contributed by atoms with Crippen LogP contribution in [-0.2, 0) is 0 Å². The summed E-state index contributed by atoms with van der Waals surface area (Å²) in [7, 11) is 0. The van der Waals surface area contributed by atoms with Gasteiger partial charge in [-0.2, -0.15) is 0 Å². The molecule has 0 unspecified atom stereocenters. The van der Waals surface area contributed by atoms with Gasteiger partial charge >= 0.3 is 0 Å². The van der Waals surface area contributed by atoms with Gasteiger partial charge in [0, 0.05) is 48.4 Å². The molecular weight excluding hydrogens is 348 g/mol. The number of hydrogen-bond acceptors (Lipinski definition) is 3. The first-order chi connectivity index (χ1) is 13.5. The second-order valence-electron chi connectivity index (χ2n) is 7.00. The van der Waals surface area contributed by atoms with Crippen molar-refractivity contribution in [3.8, 4) is 11.8 Å². The number of likely N-dealkylation sites (tertiary alicyclic amines) is 1. The molecule has 28 heavy (non-hydrogen) atoms. The number of carbonyl (C=O) groups is 1. The fourth-order valence-electron chi connectivity index (χ4n) is 3.30. The molecular formula is C23H26N4O. The van der Waals surface area contributed by atoms with E-state index in [0.717, 1.165) is 48.3 Å². The highest BCUT2D eigenvalue weighted by atomic mass is 16.2. The molecule has 1 amide bonds. The third-order valence-corrected chi connectivity index (χ3v) is 4.84. The van der Waals surface area contributed by atoms with Gasteiger partial charge in [0.05, 0.1) is 0 Å². The zero-order chi connectivity index (χ0) is 19.9. The van der Waals surface area contributed by atoms with Gasteiger partial charge in [0.25, 0.3) is 5.91 Å². The van der Waals surface area contributed by atoms with Crippen molar-refractivity contribution in [1.82, 2.24) is 4.90 Å². The van der Waals surface area contributed by atoms with Crippen LogP contribution in [0.3, 0.4) is 0 Å². The molecule has 3 rings (SSSR count). The molecule has 2 aromatic rings. The van der Waals surface area contributed by atoms with Crippen molar-refractivity contribution in [3.05, 3.63) is 64.7 Å². The first-order valence-corrected chi connectivity index (χ1v) is 9.62. The van der Waals surface area contributed by atoms with E-state index < -0.39 is 0 Å². The summed E-state index contributed by atoms with van der Waals surface area (Å²) in [5, 5.41) is 10.8. The molecule has 5 nitrogen and oxygen atoms in total. The van der Waals surface area contributed by atoms with Gasteiger partial charge in [0.15, 0.2) is 0 Å². The van der Waals surface area contributed by atoms with E-state index in [1.165, 1.54) is 0 Å². The quantitative estimate of drug-likeness (QED) is 0.325. The van der Waals surface area contributed by atoms with Crippen LogP contribution >= 0.6 is 0 Å². The lowest BCUT2D eigenvalue weighted by Crippen LogP contribution is -2.28. The van der Waals surface area contributed by atoms with Crippen molar-refractivity contribution in [2.45, 2.75) is 26.2 Å². The molecule has 1 heterocycles. The molecule has 144 valence electrons. The van der Waals surface area contributed by atoms with Crippen molar-refractivity contribution in [1.29, 1.82) is 5.41 Å². The van der Waals surface area contributed by atoms with Gasteiger partial charge in [0.1, 0.15) is 5.84 Å². The minimum absolute atomic E-state index is 0.0606. The van der Waals surface area contributed by atoms with Gasteiger partial charge < -0.3 is 16.0 Å². The normalized spacial score (nSPS) is 13.0. The largest absolute Gasteiger partial charge is 0.384 e. The lowest BCUT2D eigenvalue weighted by Gasteiger charge is -2.16. The molecule has 0 saturated carbocycles. The first-order valence-electron chi connectivity index (χ1n) is 9.62. The number of nitrogens with zero attached hydrogens (tertiary/aromatic N) is 1. The zero-order valence-corrected chi connectivity index (χ0v) is 16.2. The van der Waals surface area contributed by atoms with Crippen LogP contribution in [0.15, 0.2) is 42.5 Å². The fraction of sp³-hybridized carbons (Fsp3) is 0.304. The van der Waals surface area contributed by atoms with Crippen LogP contribution < -0.4 is 11.1 Å². The molecule has 4 N–H and O–H groups in total. The molecule has 1 fully saturated rings. The molecule has 1 saturated heterocycles. The summed E-state index contributed by atoms with van der Waals surface area (Å²) in [6, 6.07) is 13.3. The standard InChI is InChI=1S/C23H26N4O/c1-17-15-18(10-11-21(17)23(28)27-13-4-5-14-27)7-2-3-12-26-20-9-6-8-19(16-20)22(24)25/h6,8-11,15-16,26H,3-5,12-14H2,1H3,(H3,24,25). The van der Waals surface area contributed by atoms with E-state index in [1.807, 2.05) is 54.3 Å². The third kappa shape index (κ3) is 4.92. The van der Waals surface area contributed by atoms with Gasteiger partial charge in [-0.25, -0.2) is 0 Å². The number of anilines is 1. The molecule has 0 aliphatic carbocycles. The van der Waals surface area contributed by atoms with Gasteiger partial charge in [-0.05, 0) is 55.7 Å². The van der Waals surface area contributed by atoms with Crippen LogP contribution in [0.25, 0.3) is 0 Å². The van der Waals surface area contributed by atoms with Crippen molar-refractivity contribution in [2.75, 3.05) is 25.0 Å². The average Bonchev–Trinajstić information content (AvgIpc) is 3.22. The Kier molecular flexibility index (Phi) is 6.33. The Morgan fingerprint density at radius 2 is 2.00 bits per heavy atom. The molecule has 1 aliphatic rings. The maximum atomic E-state index is 12.5. The first kappa shape index (κ1) is 19.5. The highest BCUT2D eigenvalue weighted by Crippen LogP contribution is 2.17. The average molecular weight is 374 g/mol. The number of amidine groups is 1. The van der Waals surface area contributed by atoms with Crippen LogP contribution in [-0.4, -0.2) is 36.3 Å². The van der Waals surface area contributed by atoms with E-state index >= 15 is 0 Å². The zero-order valence-electron chi connectivity index (χ0n) is 16.2. The van der Waals surface area contributed by atoms with Gasteiger partial charge in [-0.1, -0.05) is 24.0 Å². The number of carbonyl (C=O) groups excluding carboxylic acids is 1. The van der Waals surface area contributed by atoms with Crippen LogP contribution in [0.2, 0.25) is 0 Å². The highest BCUT2D eigenvalue weighted by molar-refractivity contribution is 5.96. The molecule has 0 spiro atoms. The summed E-state index contributed by atoms with van der Waals surface area (Å²) < 4.78 is 0. The number of rotatable bonds is 5. The molecule has 0 radical (unpaired) electrons. The van der Waals surface area contributed by atoms with Gasteiger partial charge in [0.2, 0.25) is 0 Å². The molecule has 5 heteroatoms. The number of nitrogen functional groups attached to an aromatic ring is 1. The fourth-order valence-corrected chi connectivity index (χ4v) is 3.30. The van der Waals surface area contributed by atoms with Crippen LogP contribution in [0.4, 0.5) is 5.69 Å². The Balaban J connectivity index is 1.54. The summed E-state index contributed by atoms with van der Waals surface area (Å²) in [6.07, 6.45) is 2.89. The van der Waals surface area contributed by atoms with E-state index in [0.29, 0.717) is 18.5 Å². The van der Waals surface area contributed by atoms with Crippen molar-refractivity contribution < 1.29 is 4.79 Å². The molecule has 0 bridgehead atoms. The molecule has 1 aliphatic heterocycles. The van der Waals surface area contributed by atoms with Crippen molar-refractivity contribution in [3.63, 3.8) is 0 Å². The molecule has 0 aromatic heterocycles. The number of aryl methyl sites for hydroxylation is 1. The summed E-state index contributed by atoms with van der Waals surface area (Å²) in [5.41, 5.74) is 9.82. The van der Waals surface area contributed by atoms with Crippen LogP contribution in [0, 0.1) is 24.2 Å². The summed E-state index contributed by atoms with van der Waals surface area (Å²) in [6.45, 7) is 4.40. The van der Waals surface area contributed by atoms with Crippen LogP contribution in [0.5, 0.6) is 0 Å². The van der Waals surface area contributed by atoms with E-state index in [4.69, 9.17) is 11.1 Å². The number of nitrogens with two attached hydrogens (primary N) is 1. The van der Waals surface area contributed by atoms with Gasteiger partial charge in [-0.3, -0.25) is 10.2 Å². The third-order valence-electron chi connectivity index (χ3n) is 4.84. The maximum absolute atomic E-state index is 12.5. The van der Waals surface area contributed by atoms with Crippen LogP contribution in [0.1, 0.15) is 46.3 Å². The number of nitrogens with one attached hydrogen (secondary N) is 2. The number of hydrogen-bond donors (Lipinski definition) is 3. The van der Waals surface area contributed by atoms with Crippen molar-refractivity contribution >= 4 is 17.4 Å². The summed E-state index contributed by atoms with van der Waals surface area (Å²) >= 11 is 0. The summed E-state index contributed by atoms with van der Waals surface area (Å²) in [4.78, 5) is 14.5. The Hall–Kier alpha value is -3.26. The minimum Gasteiger partial charge on any atom is -0.384 e. The monoisotopic (exact) mass is 374 g/mol. The number of amides is 1. The Bertz CT molecular complexity index is 933. The molecule has 0 atom stereocenters. The van der Waals surface area contributed by atoms with E-state index in [1.54, 1.807) is 0 Å². The maximum Gasteiger partial charge on any atom is 0.254 e. The van der Waals surface area contributed by atoms with E-state index in [2.05, 4.69) is 17.2 Å². The summed E-state index contributed by atoms with van der Waals surface area (Å²) in [5.74, 6) is 6.53. The Labute approximate surface area is 166 Å². The lowest BCUT2D eigenvalue weighted by atomic mass is 10.0. The predicted molar refractivity (Wildman–Crippen MR) is 114 cm³/mol. The second-order valence-corrected chi connectivity index (χ2v) is 7.00. The lowest BCUT2D eigenvalue weighted by molar-refractivity contribution is 0.0792. The molecule has 2 aromatic carbocycles. The smallest absolute Gasteiger partial charge is 0.254 e. The van der Waals surface area contributed by atoms with Crippen molar-refractivity contribution in [2.24, 2.45) is 5.73 Å². The van der Waals surface area contributed by atoms with E-state index in [-0.39, 0.29) is 11.7 Å². The van der Waals surface area contributed by atoms with E-state index in [9.17, 15) is 4.79 Å². The number of benzene rings is 2. The van der Waals surface area contributed by atoms with Gasteiger partial charge in [-0.15, -0.1) is 0 Å². The SMILES string of the molecule is Cc1cc(C#CCCNc2cccc(C(=N)N)c2)ccc1C(=O)N1CCCC1. The minimum atomic E-state index is 0.0606. The topological polar surface area (TPSA) is 82.2 Å². The highest BCUT2D eigenvalue weighted by Gasteiger charge is 2.20. The Morgan fingerprint density at radius 3 is 2.71 bits per heavy atom. The predicted octanol–water partition coefficient (Wildman–Crippen LogP) is 3.37. The Morgan fingerprint density at radius 1 is 1.21 bits per heavy atom. The second kappa shape index (κ2) is 9.09.